The molecule has 0 atom stereocenters. The number of carbonyl (C=O) groups is 2. The van der Waals surface area contributed by atoms with Crippen molar-refractivity contribution in [3.63, 3.8) is 0 Å². The van der Waals surface area contributed by atoms with E-state index in [1.54, 1.807) is 0 Å². The van der Waals surface area contributed by atoms with Crippen molar-refractivity contribution in [3.05, 3.63) is 0 Å². The Bertz CT molecular complexity index is 75.4. The minimum Gasteiger partial charge on any atom is -0.481 e. The van der Waals surface area contributed by atoms with E-state index in [9.17, 15) is 0 Å². The average molecular weight is 292 g/mol. The van der Waals surface area contributed by atoms with Crippen LogP contribution >= 0.6 is 0 Å². The maximum Gasteiger partial charge on any atom is 0.300 e. The van der Waals surface area contributed by atoms with E-state index >= 15 is 0 Å². The van der Waals surface area contributed by atoms with Crippen LogP contribution in [0.5, 0.6) is 0 Å². The monoisotopic (exact) mass is 291 g/mol. The molecule has 10 nitrogen and oxygen atoms in total. The van der Waals surface area contributed by atoms with Crippen LogP contribution in [-0.2, 0) is 26.7 Å². The fourth-order valence-corrected chi connectivity index (χ4v) is 0. The predicted octanol–water partition coefficient (Wildman–Crippen LogP) is -4.77. The van der Waals surface area contributed by atoms with E-state index in [0.29, 0.717) is 0 Å². The Balaban J connectivity index is -0.00000000468. The summed E-state index contributed by atoms with van der Waals surface area (Å²) in [5, 5.41) is 14.8. The van der Waals surface area contributed by atoms with Gasteiger partial charge in [0.15, 0.2) is 0 Å². The molecule has 0 aromatic carbocycles. The molecule has 0 heterocycles. The normalized spacial score (nSPS) is 3.33. The predicted molar refractivity (Wildman–Crippen MR) is 48.3 cm³/mol. The van der Waals surface area contributed by atoms with Crippen LogP contribution in [0.3, 0.4) is 0 Å². The third-order valence-electron chi connectivity index (χ3n) is 0. The van der Waals surface area contributed by atoms with Crippen molar-refractivity contribution in [3.8, 4) is 0 Å². The van der Waals surface area contributed by atoms with Crippen LogP contribution in [0.1, 0.15) is 13.8 Å². The van der Waals surface area contributed by atoms with Gasteiger partial charge in [0.2, 0.25) is 0 Å². The minimum absolute atomic E-state index is 0. The average Bonchev–Trinajstić information content (AvgIpc) is 1.25. The van der Waals surface area contributed by atoms with Crippen molar-refractivity contribution in [1.29, 1.82) is 0 Å². The van der Waals surface area contributed by atoms with Crippen molar-refractivity contribution in [2.75, 3.05) is 0 Å². The summed E-state index contributed by atoms with van der Waals surface area (Å²) in [7, 11) is 0. The molecule has 0 unspecified atom stereocenters. The summed E-state index contributed by atoms with van der Waals surface area (Å²) in [6.45, 7) is 2.17. The number of carboxylic acid groups (broad SMARTS) is 2. The van der Waals surface area contributed by atoms with Crippen LogP contribution in [0.15, 0.2) is 0 Å². The Morgan fingerprint density at radius 1 is 0.667 bits per heavy atom. The fraction of sp³-hybridized carbons (Fsp3) is 0.500. The number of hydrogen-bond acceptors (Lipinski definition) is 2. The molecule has 14 N–H and O–H groups in total. The SMILES string of the molecule is CC(=O)O.CC(=O)O.O.O.O.O.O.O.[Cu]. The van der Waals surface area contributed by atoms with Gasteiger partial charge in [-0.2, -0.15) is 0 Å². The van der Waals surface area contributed by atoms with Crippen LogP contribution in [0.2, 0.25) is 0 Å². The topological polar surface area (TPSA) is 264 Å². The number of carboxylic acids is 2. The third kappa shape index (κ3) is 2730. The van der Waals surface area contributed by atoms with Crippen LogP contribution < -0.4 is 0 Å². The Labute approximate surface area is 96.2 Å². The molecule has 0 amide bonds. The van der Waals surface area contributed by atoms with Crippen molar-refractivity contribution < 1.29 is 69.7 Å². The first kappa shape index (κ1) is 91.2. The molecule has 107 valence electrons. The van der Waals surface area contributed by atoms with E-state index in [2.05, 4.69) is 0 Å². The summed E-state index contributed by atoms with van der Waals surface area (Å²) >= 11 is 0. The molecule has 1 radical (unpaired) electrons. The second kappa shape index (κ2) is 72.5. The molecule has 0 fully saturated rings. The number of aliphatic carboxylic acids is 2. The molecule has 0 aromatic heterocycles. The molecule has 0 spiro atoms. The Kier molecular flexibility index (Phi) is 441. The van der Waals surface area contributed by atoms with Crippen LogP contribution in [-0.4, -0.2) is 55.0 Å². The summed E-state index contributed by atoms with van der Waals surface area (Å²) in [6, 6.07) is 0. The van der Waals surface area contributed by atoms with Crippen LogP contribution in [0.25, 0.3) is 0 Å². The van der Waals surface area contributed by atoms with Gasteiger partial charge in [-0.05, 0) is 0 Å². The molecule has 0 saturated carbocycles. The van der Waals surface area contributed by atoms with Gasteiger partial charge in [-0.15, -0.1) is 0 Å². The zero-order chi connectivity index (χ0) is 7.15. The van der Waals surface area contributed by atoms with Gasteiger partial charge in [-0.1, -0.05) is 0 Å². The van der Waals surface area contributed by atoms with E-state index in [0.717, 1.165) is 13.8 Å². The van der Waals surface area contributed by atoms with Gasteiger partial charge < -0.3 is 43.1 Å². The Morgan fingerprint density at radius 3 is 0.667 bits per heavy atom. The van der Waals surface area contributed by atoms with Gasteiger partial charge in [-0.25, -0.2) is 0 Å². The Hall–Kier alpha value is -0.781. The zero-order valence-electron chi connectivity index (χ0n) is 8.01. The van der Waals surface area contributed by atoms with Gasteiger partial charge in [-0.3, -0.25) is 9.59 Å². The van der Waals surface area contributed by atoms with E-state index in [1.165, 1.54) is 0 Å². The molecular weight excluding hydrogens is 272 g/mol. The minimum atomic E-state index is -0.833. The molecule has 0 aliphatic heterocycles. The van der Waals surface area contributed by atoms with Gasteiger partial charge >= 0.3 is 0 Å². The molecule has 11 heteroatoms. The van der Waals surface area contributed by atoms with Gasteiger partial charge in [0.25, 0.3) is 11.9 Å². The maximum absolute atomic E-state index is 9.00. The molecule has 0 aliphatic rings. The van der Waals surface area contributed by atoms with E-state index in [1.807, 2.05) is 0 Å². The first-order valence-corrected chi connectivity index (χ1v) is 1.86. The van der Waals surface area contributed by atoms with Crippen molar-refractivity contribution in [2.45, 2.75) is 13.8 Å². The van der Waals surface area contributed by atoms with E-state index in [4.69, 9.17) is 19.8 Å². The quantitative estimate of drug-likeness (QED) is 0.415. The number of hydrogen-bond donors (Lipinski definition) is 2. The largest absolute Gasteiger partial charge is 0.481 e. The summed E-state index contributed by atoms with van der Waals surface area (Å²) in [4.78, 5) is 18.0. The summed E-state index contributed by atoms with van der Waals surface area (Å²) in [6.07, 6.45) is 0. The fourth-order valence-electron chi connectivity index (χ4n) is 0. The smallest absolute Gasteiger partial charge is 0.300 e. The standard InChI is InChI=1S/2C2H4O2.Cu.6H2O/c2*1-2(3)4;;;;;;;/h2*1H3,(H,3,4);;6*1H2. The third-order valence-corrected chi connectivity index (χ3v) is 0. The molecule has 0 aliphatic carbocycles. The molecule has 0 aromatic rings. The molecule has 0 saturated heterocycles. The molecule has 0 bridgehead atoms. The number of rotatable bonds is 0. The van der Waals surface area contributed by atoms with Crippen molar-refractivity contribution in [1.82, 2.24) is 0 Å². The second-order valence-electron chi connectivity index (χ2n) is 1.04. The maximum atomic E-state index is 9.00. The Morgan fingerprint density at radius 2 is 0.667 bits per heavy atom. The first-order chi connectivity index (χ1) is 3.46. The van der Waals surface area contributed by atoms with Gasteiger partial charge in [0, 0.05) is 30.9 Å². The summed E-state index contributed by atoms with van der Waals surface area (Å²) in [5.74, 6) is -1.67. The molecular formula is C4H20CuO10. The molecule has 0 rings (SSSR count). The van der Waals surface area contributed by atoms with Crippen LogP contribution in [0.4, 0.5) is 0 Å². The zero-order valence-corrected chi connectivity index (χ0v) is 8.95. The molecule has 15 heavy (non-hydrogen) atoms. The van der Waals surface area contributed by atoms with Gasteiger partial charge in [0.1, 0.15) is 0 Å². The van der Waals surface area contributed by atoms with Gasteiger partial charge in [0.05, 0.1) is 0 Å². The second-order valence-corrected chi connectivity index (χ2v) is 1.04. The summed E-state index contributed by atoms with van der Waals surface area (Å²) in [5.41, 5.74) is 0. The van der Waals surface area contributed by atoms with Crippen molar-refractivity contribution >= 4 is 11.9 Å². The summed E-state index contributed by atoms with van der Waals surface area (Å²) < 4.78 is 0. The van der Waals surface area contributed by atoms with Crippen LogP contribution in [0, 0.1) is 0 Å². The van der Waals surface area contributed by atoms with E-state index < -0.39 is 11.9 Å². The van der Waals surface area contributed by atoms with E-state index in [-0.39, 0.29) is 49.9 Å². The first-order valence-electron chi connectivity index (χ1n) is 1.86. The van der Waals surface area contributed by atoms with Crippen molar-refractivity contribution in [2.24, 2.45) is 0 Å².